The topological polar surface area (TPSA) is 74.6 Å². The fourth-order valence-electron chi connectivity index (χ4n) is 3.58. The van der Waals surface area contributed by atoms with Crippen LogP contribution in [0.25, 0.3) is 6.08 Å². The van der Waals surface area contributed by atoms with Gasteiger partial charge in [0.15, 0.2) is 11.5 Å². The van der Waals surface area contributed by atoms with Gasteiger partial charge in [0.25, 0.3) is 0 Å². The molecule has 7 heteroatoms. The molecule has 1 aromatic heterocycles. The Balaban J connectivity index is 1.47. The van der Waals surface area contributed by atoms with E-state index in [0.717, 1.165) is 24.2 Å². The minimum atomic E-state index is -0.205. The number of amides is 1. The second-order valence-corrected chi connectivity index (χ2v) is 6.67. The van der Waals surface area contributed by atoms with Gasteiger partial charge in [0, 0.05) is 12.1 Å². The summed E-state index contributed by atoms with van der Waals surface area (Å²) in [6.07, 6.45) is 9.59. The summed E-state index contributed by atoms with van der Waals surface area (Å²) in [4.78, 5) is 12.4. The van der Waals surface area contributed by atoms with Crippen LogP contribution in [0.15, 0.2) is 30.5 Å². The fourth-order valence-corrected chi connectivity index (χ4v) is 3.58. The molecule has 1 saturated carbocycles. The predicted molar refractivity (Wildman–Crippen MR) is 101 cm³/mol. The highest BCUT2D eigenvalue weighted by Crippen LogP contribution is 2.40. The molecule has 27 heavy (non-hydrogen) atoms. The Morgan fingerprint density at radius 3 is 2.93 bits per heavy atom. The van der Waals surface area contributed by atoms with Crippen molar-refractivity contribution in [1.82, 2.24) is 9.78 Å². The van der Waals surface area contributed by atoms with Gasteiger partial charge in [-0.1, -0.05) is 12.8 Å². The average Bonchev–Trinajstić information content (AvgIpc) is 3.37. The number of methoxy groups -OCH3 is 1. The van der Waals surface area contributed by atoms with Crippen LogP contribution in [0.5, 0.6) is 17.2 Å². The molecule has 4 rings (SSSR count). The van der Waals surface area contributed by atoms with Gasteiger partial charge in [0.05, 0.1) is 19.3 Å². The maximum atomic E-state index is 12.4. The van der Waals surface area contributed by atoms with E-state index in [1.165, 1.54) is 18.9 Å². The summed E-state index contributed by atoms with van der Waals surface area (Å²) in [7, 11) is 1.58. The zero-order valence-corrected chi connectivity index (χ0v) is 15.3. The summed E-state index contributed by atoms with van der Waals surface area (Å²) >= 11 is 0. The molecule has 0 atom stereocenters. The number of benzene rings is 1. The maximum Gasteiger partial charge on any atom is 0.249 e. The number of carbonyl (C=O) groups excluding carboxylic acids is 1. The summed E-state index contributed by atoms with van der Waals surface area (Å²) in [5, 5.41) is 7.29. The number of hydrogen-bond acceptors (Lipinski definition) is 5. The summed E-state index contributed by atoms with van der Waals surface area (Å²) in [5.74, 6) is 2.34. The van der Waals surface area contributed by atoms with Crippen LogP contribution in [0.4, 0.5) is 5.82 Å². The van der Waals surface area contributed by atoms with E-state index >= 15 is 0 Å². The van der Waals surface area contributed by atoms with Crippen LogP contribution in [0, 0.1) is 0 Å². The second-order valence-electron chi connectivity index (χ2n) is 6.67. The number of hydrogen-bond donors (Lipinski definition) is 1. The van der Waals surface area contributed by atoms with Crippen LogP contribution in [0.2, 0.25) is 0 Å². The molecule has 1 aromatic carbocycles. The van der Waals surface area contributed by atoms with E-state index in [0.29, 0.717) is 36.5 Å². The van der Waals surface area contributed by atoms with E-state index < -0.39 is 0 Å². The molecule has 2 heterocycles. The van der Waals surface area contributed by atoms with Gasteiger partial charge in [-0.25, -0.2) is 4.68 Å². The third kappa shape index (κ3) is 3.77. The Morgan fingerprint density at radius 1 is 1.30 bits per heavy atom. The molecule has 2 aliphatic rings. The van der Waals surface area contributed by atoms with Crippen LogP contribution in [0.1, 0.15) is 37.3 Å². The number of anilines is 1. The van der Waals surface area contributed by atoms with Crippen molar-refractivity contribution in [3.63, 3.8) is 0 Å². The van der Waals surface area contributed by atoms with Crippen LogP contribution in [0.3, 0.4) is 0 Å². The Bertz CT molecular complexity index is 836. The SMILES string of the molecule is COc1cc(/C=C/C(=O)Nc2ccnn2C2CCCC2)cc2c1OCCO2. The smallest absolute Gasteiger partial charge is 0.249 e. The molecule has 0 radical (unpaired) electrons. The van der Waals surface area contributed by atoms with E-state index in [9.17, 15) is 4.79 Å². The van der Waals surface area contributed by atoms with Gasteiger partial charge in [0.2, 0.25) is 11.7 Å². The molecule has 1 aliphatic heterocycles. The Hall–Kier alpha value is -2.96. The normalized spacial score (nSPS) is 16.6. The van der Waals surface area contributed by atoms with Crippen LogP contribution in [-0.2, 0) is 4.79 Å². The van der Waals surface area contributed by atoms with E-state index in [4.69, 9.17) is 14.2 Å². The summed E-state index contributed by atoms with van der Waals surface area (Å²) in [5.41, 5.74) is 0.801. The zero-order valence-electron chi connectivity index (χ0n) is 15.3. The lowest BCUT2D eigenvalue weighted by Crippen LogP contribution is -2.16. The number of carbonyl (C=O) groups is 1. The molecule has 7 nitrogen and oxygen atoms in total. The van der Waals surface area contributed by atoms with Gasteiger partial charge < -0.3 is 19.5 Å². The fraction of sp³-hybridized carbons (Fsp3) is 0.400. The summed E-state index contributed by atoms with van der Waals surface area (Å²) in [6.45, 7) is 0.991. The van der Waals surface area contributed by atoms with Crippen molar-refractivity contribution in [2.24, 2.45) is 0 Å². The first-order chi connectivity index (χ1) is 13.2. The predicted octanol–water partition coefficient (Wildman–Crippen LogP) is 3.43. The molecule has 0 spiro atoms. The molecule has 0 bridgehead atoms. The van der Waals surface area contributed by atoms with Crippen molar-refractivity contribution in [3.8, 4) is 17.2 Å². The van der Waals surface area contributed by atoms with E-state index in [1.807, 2.05) is 22.9 Å². The quantitative estimate of drug-likeness (QED) is 0.818. The lowest BCUT2D eigenvalue weighted by atomic mass is 10.1. The van der Waals surface area contributed by atoms with Gasteiger partial charge in [-0.2, -0.15) is 5.10 Å². The van der Waals surface area contributed by atoms with Crippen molar-refractivity contribution in [3.05, 3.63) is 36.0 Å². The summed E-state index contributed by atoms with van der Waals surface area (Å²) in [6, 6.07) is 5.86. The molecule has 1 amide bonds. The van der Waals surface area contributed by atoms with Gasteiger partial charge in [-0.3, -0.25) is 4.79 Å². The molecule has 142 valence electrons. The first kappa shape index (κ1) is 17.5. The Labute approximate surface area is 157 Å². The summed E-state index contributed by atoms with van der Waals surface area (Å²) < 4.78 is 18.5. The maximum absolute atomic E-state index is 12.4. The largest absolute Gasteiger partial charge is 0.493 e. The molecule has 1 fully saturated rings. The zero-order chi connectivity index (χ0) is 18.6. The van der Waals surface area contributed by atoms with Gasteiger partial charge in [0.1, 0.15) is 19.0 Å². The van der Waals surface area contributed by atoms with Crippen LogP contribution >= 0.6 is 0 Å². The van der Waals surface area contributed by atoms with Crippen LogP contribution < -0.4 is 19.5 Å². The van der Waals surface area contributed by atoms with Crippen molar-refractivity contribution in [1.29, 1.82) is 0 Å². The molecule has 1 N–H and O–H groups in total. The minimum absolute atomic E-state index is 0.205. The molecule has 2 aromatic rings. The lowest BCUT2D eigenvalue weighted by molar-refractivity contribution is -0.111. The number of nitrogens with zero attached hydrogens (tertiary/aromatic N) is 2. The monoisotopic (exact) mass is 369 g/mol. The van der Waals surface area contributed by atoms with Gasteiger partial charge in [-0.05, 0) is 36.6 Å². The molecule has 1 aliphatic carbocycles. The number of rotatable bonds is 5. The first-order valence-electron chi connectivity index (χ1n) is 9.25. The Morgan fingerprint density at radius 2 is 2.11 bits per heavy atom. The standard InChI is InChI=1S/C20H23N3O4/c1-25-16-12-14(13-17-20(16)27-11-10-26-17)6-7-19(24)22-18-8-9-21-23(18)15-4-2-3-5-15/h6-9,12-13,15H,2-5,10-11H2,1H3,(H,22,24)/b7-6+. The van der Waals surface area contributed by atoms with E-state index in [1.54, 1.807) is 19.4 Å². The number of fused-ring (bicyclic) bond motifs is 1. The van der Waals surface area contributed by atoms with Crippen molar-refractivity contribution in [2.45, 2.75) is 31.7 Å². The average molecular weight is 369 g/mol. The number of ether oxygens (including phenoxy) is 3. The highest BCUT2D eigenvalue weighted by molar-refractivity contribution is 6.01. The molecular weight excluding hydrogens is 346 g/mol. The van der Waals surface area contributed by atoms with Gasteiger partial charge >= 0.3 is 0 Å². The second kappa shape index (κ2) is 7.73. The van der Waals surface area contributed by atoms with Gasteiger partial charge in [-0.15, -0.1) is 0 Å². The van der Waals surface area contributed by atoms with Crippen LogP contribution in [-0.4, -0.2) is 36.0 Å². The number of nitrogens with one attached hydrogen (secondary N) is 1. The third-order valence-electron chi connectivity index (χ3n) is 4.87. The van der Waals surface area contributed by atoms with E-state index in [-0.39, 0.29) is 5.91 Å². The first-order valence-corrected chi connectivity index (χ1v) is 9.25. The Kier molecular flexibility index (Phi) is 5.00. The highest BCUT2D eigenvalue weighted by atomic mass is 16.6. The molecular formula is C20H23N3O4. The lowest BCUT2D eigenvalue weighted by Gasteiger charge is -2.20. The minimum Gasteiger partial charge on any atom is -0.493 e. The number of aromatic nitrogens is 2. The van der Waals surface area contributed by atoms with Crippen molar-refractivity contribution < 1.29 is 19.0 Å². The molecule has 0 saturated heterocycles. The van der Waals surface area contributed by atoms with Crippen molar-refractivity contribution in [2.75, 3.05) is 25.6 Å². The van der Waals surface area contributed by atoms with E-state index in [2.05, 4.69) is 10.4 Å². The highest BCUT2D eigenvalue weighted by Gasteiger charge is 2.20. The van der Waals surface area contributed by atoms with Crippen molar-refractivity contribution >= 4 is 17.8 Å². The third-order valence-corrected chi connectivity index (χ3v) is 4.87. The molecule has 0 unspecified atom stereocenters.